The van der Waals surface area contributed by atoms with Crippen molar-refractivity contribution in [1.29, 1.82) is 0 Å². The van der Waals surface area contributed by atoms with Crippen molar-refractivity contribution in [3.8, 4) is 0 Å². The topological polar surface area (TPSA) is 104 Å². The third-order valence-electron chi connectivity index (χ3n) is 2.76. The van der Waals surface area contributed by atoms with Gasteiger partial charge in [0, 0.05) is 18.3 Å². The molecule has 0 aliphatic rings. The van der Waals surface area contributed by atoms with Gasteiger partial charge in [0.05, 0.1) is 30.5 Å². The highest BCUT2D eigenvalue weighted by atomic mass is 16.3. The van der Waals surface area contributed by atoms with Gasteiger partial charge in [-0.05, 0) is 24.6 Å². The monoisotopic (exact) mass is 289 g/mol. The third kappa shape index (κ3) is 4.43. The van der Waals surface area contributed by atoms with Gasteiger partial charge < -0.3 is 20.2 Å². The van der Waals surface area contributed by atoms with Crippen molar-refractivity contribution in [3.63, 3.8) is 0 Å². The zero-order valence-electron chi connectivity index (χ0n) is 11.2. The Morgan fingerprint density at radius 2 is 2.19 bits per heavy atom. The molecule has 110 valence electrons. The number of nitrogens with one attached hydrogen (secondary N) is 2. The minimum atomic E-state index is -0.777. The Bertz CT molecular complexity index is 584. The van der Waals surface area contributed by atoms with E-state index in [9.17, 15) is 14.7 Å². The van der Waals surface area contributed by atoms with Crippen LogP contribution < -0.4 is 10.6 Å². The predicted molar refractivity (Wildman–Crippen MR) is 74.2 cm³/mol. The van der Waals surface area contributed by atoms with Crippen LogP contribution in [0.2, 0.25) is 0 Å². The molecule has 0 aliphatic carbocycles. The van der Waals surface area contributed by atoms with Crippen LogP contribution in [0.15, 0.2) is 47.5 Å². The van der Waals surface area contributed by atoms with E-state index in [0.29, 0.717) is 11.3 Å². The van der Waals surface area contributed by atoms with Crippen molar-refractivity contribution < 1.29 is 19.1 Å². The minimum absolute atomic E-state index is 0.172. The van der Waals surface area contributed by atoms with Gasteiger partial charge in [0.25, 0.3) is 0 Å². The van der Waals surface area contributed by atoms with Crippen LogP contribution in [0.3, 0.4) is 0 Å². The first-order valence-corrected chi connectivity index (χ1v) is 6.36. The molecule has 0 saturated carbocycles. The molecule has 2 amide bonds. The van der Waals surface area contributed by atoms with E-state index in [4.69, 9.17) is 4.42 Å². The first-order chi connectivity index (χ1) is 10.2. The maximum Gasteiger partial charge on any atom is 0.313 e. The van der Waals surface area contributed by atoms with Gasteiger partial charge in [0.1, 0.15) is 0 Å². The highest BCUT2D eigenvalue weighted by Gasteiger charge is 2.14. The van der Waals surface area contributed by atoms with E-state index >= 15 is 0 Å². The number of hydrogen-bond donors (Lipinski definition) is 3. The molecular formula is C14H15N3O4. The van der Waals surface area contributed by atoms with Crippen LogP contribution in [-0.4, -0.2) is 28.4 Å². The molecule has 0 saturated heterocycles. The van der Waals surface area contributed by atoms with Crippen LogP contribution in [0.25, 0.3) is 0 Å². The highest BCUT2D eigenvalue weighted by molar-refractivity contribution is 6.39. The molecule has 0 fully saturated rings. The maximum atomic E-state index is 11.6. The second-order valence-electron chi connectivity index (χ2n) is 4.31. The van der Waals surface area contributed by atoms with E-state index in [1.165, 1.54) is 18.7 Å². The molecule has 1 atom stereocenters. The van der Waals surface area contributed by atoms with E-state index in [-0.39, 0.29) is 13.0 Å². The van der Waals surface area contributed by atoms with Crippen molar-refractivity contribution in [2.75, 3.05) is 11.9 Å². The number of aliphatic hydroxyl groups excluding tert-OH is 1. The molecule has 2 rings (SSSR count). The number of aromatic nitrogens is 1. The number of pyridine rings is 1. The fourth-order valence-electron chi connectivity index (χ4n) is 1.66. The Kier molecular flexibility index (Phi) is 5.05. The average Bonchev–Trinajstić information content (AvgIpc) is 3.02. The lowest BCUT2D eigenvalue weighted by molar-refractivity contribution is -0.136. The number of amides is 2. The highest BCUT2D eigenvalue weighted by Crippen LogP contribution is 2.15. The average molecular weight is 289 g/mol. The fraction of sp³-hybridized carbons (Fsp3) is 0.214. The number of rotatable bonds is 5. The summed E-state index contributed by atoms with van der Waals surface area (Å²) in [4.78, 5) is 27.0. The Balaban J connectivity index is 1.73. The molecule has 0 bridgehead atoms. The van der Waals surface area contributed by atoms with Crippen LogP contribution in [-0.2, 0) is 9.59 Å². The molecule has 7 nitrogen and oxygen atoms in total. The van der Waals surface area contributed by atoms with Gasteiger partial charge in [0.2, 0.25) is 0 Å². The Labute approximate surface area is 121 Å². The smallest absolute Gasteiger partial charge is 0.313 e. The molecule has 3 N–H and O–H groups in total. The van der Waals surface area contributed by atoms with E-state index in [2.05, 4.69) is 15.6 Å². The number of anilines is 1. The van der Waals surface area contributed by atoms with Gasteiger partial charge in [-0.2, -0.15) is 0 Å². The third-order valence-corrected chi connectivity index (χ3v) is 2.76. The van der Waals surface area contributed by atoms with Gasteiger partial charge in [-0.15, -0.1) is 0 Å². The van der Waals surface area contributed by atoms with Crippen LogP contribution >= 0.6 is 0 Å². The van der Waals surface area contributed by atoms with Crippen LogP contribution in [0, 0.1) is 0 Å². The lowest BCUT2D eigenvalue weighted by Gasteiger charge is -2.09. The van der Waals surface area contributed by atoms with Crippen LogP contribution in [0.4, 0.5) is 5.69 Å². The summed E-state index contributed by atoms with van der Waals surface area (Å²) in [6.07, 6.45) is 5.43. The SMILES string of the molecule is O=C(NCC[C@H](O)c1ccoc1)C(=O)Nc1cccnc1. The molecule has 0 spiro atoms. The lowest BCUT2D eigenvalue weighted by Crippen LogP contribution is -2.36. The molecule has 0 radical (unpaired) electrons. The van der Waals surface area contributed by atoms with Crippen molar-refractivity contribution in [2.45, 2.75) is 12.5 Å². The fourth-order valence-corrected chi connectivity index (χ4v) is 1.66. The summed E-state index contributed by atoms with van der Waals surface area (Å²) in [6.45, 7) is 0.172. The minimum Gasteiger partial charge on any atom is -0.472 e. The van der Waals surface area contributed by atoms with E-state index in [1.54, 1.807) is 24.4 Å². The van der Waals surface area contributed by atoms with Gasteiger partial charge in [-0.25, -0.2) is 0 Å². The van der Waals surface area contributed by atoms with Crippen LogP contribution in [0.1, 0.15) is 18.1 Å². The second kappa shape index (κ2) is 7.20. The molecule has 7 heteroatoms. The lowest BCUT2D eigenvalue weighted by atomic mass is 10.1. The molecule has 0 unspecified atom stereocenters. The molecule has 2 aromatic rings. The quantitative estimate of drug-likeness (QED) is 0.708. The number of carbonyl (C=O) groups is 2. The number of hydrogen-bond acceptors (Lipinski definition) is 5. The Morgan fingerprint density at radius 3 is 2.86 bits per heavy atom. The van der Waals surface area contributed by atoms with Crippen molar-refractivity contribution in [3.05, 3.63) is 48.7 Å². The van der Waals surface area contributed by atoms with Gasteiger partial charge >= 0.3 is 11.8 Å². The number of aliphatic hydroxyl groups is 1. The summed E-state index contributed by atoms with van der Waals surface area (Å²) in [5, 5.41) is 14.6. The Hall–Kier alpha value is -2.67. The van der Waals surface area contributed by atoms with Gasteiger partial charge in [-0.3, -0.25) is 14.6 Å². The molecule has 0 aromatic carbocycles. The first kappa shape index (κ1) is 14.7. The normalized spacial score (nSPS) is 11.7. The van der Waals surface area contributed by atoms with E-state index in [1.807, 2.05) is 0 Å². The van der Waals surface area contributed by atoms with E-state index in [0.717, 1.165) is 0 Å². The second-order valence-corrected chi connectivity index (χ2v) is 4.31. The summed E-state index contributed by atoms with van der Waals surface area (Å²) in [5.74, 6) is -1.54. The summed E-state index contributed by atoms with van der Waals surface area (Å²) in [5.41, 5.74) is 1.07. The molecular weight excluding hydrogens is 274 g/mol. The number of nitrogens with zero attached hydrogens (tertiary/aromatic N) is 1. The predicted octanol–water partition coefficient (Wildman–Crippen LogP) is 0.853. The Morgan fingerprint density at radius 1 is 1.33 bits per heavy atom. The summed E-state index contributed by atoms with van der Waals surface area (Å²) in [7, 11) is 0. The first-order valence-electron chi connectivity index (χ1n) is 6.36. The standard InChI is InChI=1S/C14H15N3O4/c18-12(10-4-7-21-9-10)3-6-16-13(19)14(20)17-11-2-1-5-15-8-11/h1-2,4-5,7-9,12,18H,3,6H2,(H,16,19)(H,17,20)/t12-/m0/s1. The molecule has 0 aliphatic heterocycles. The zero-order valence-corrected chi connectivity index (χ0v) is 11.2. The van der Waals surface area contributed by atoms with Crippen LogP contribution in [0.5, 0.6) is 0 Å². The number of carbonyl (C=O) groups excluding carboxylic acids is 2. The summed E-state index contributed by atoms with van der Waals surface area (Å²) >= 11 is 0. The number of furan rings is 1. The zero-order chi connectivity index (χ0) is 15.1. The van der Waals surface area contributed by atoms with Gasteiger partial charge in [-0.1, -0.05) is 0 Å². The largest absolute Gasteiger partial charge is 0.472 e. The summed E-state index contributed by atoms with van der Waals surface area (Å²) in [6, 6.07) is 4.91. The van der Waals surface area contributed by atoms with Crippen molar-refractivity contribution in [2.24, 2.45) is 0 Å². The molecule has 21 heavy (non-hydrogen) atoms. The van der Waals surface area contributed by atoms with Crippen molar-refractivity contribution in [1.82, 2.24) is 10.3 Å². The van der Waals surface area contributed by atoms with Crippen molar-refractivity contribution >= 4 is 17.5 Å². The molecule has 2 aromatic heterocycles. The summed E-state index contributed by atoms with van der Waals surface area (Å²) < 4.78 is 4.85. The molecule has 2 heterocycles. The van der Waals surface area contributed by atoms with E-state index < -0.39 is 17.9 Å². The maximum absolute atomic E-state index is 11.6. The van der Waals surface area contributed by atoms with Gasteiger partial charge in [0.15, 0.2) is 0 Å².